The molecule has 1 aromatic carbocycles. The van der Waals surface area contributed by atoms with Gasteiger partial charge < -0.3 is 15.2 Å². The number of ether oxygens (including phenoxy) is 1. The number of β-amino-alcohol motifs (C(OH)–C–C–N with tert-alkyl or cyclic N) is 1. The molecule has 2 heterocycles. The van der Waals surface area contributed by atoms with Crippen LogP contribution in [0.5, 0.6) is 5.75 Å². The average Bonchev–Trinajstić information content (AvgIpc) is 2.70. The van der Waals surface area contributed by atoms with Crippen molar-refractivity contribution in [2.45, 2.75) is 38.0 Å². The quantitative estimate of drug-likeness (QED) is 0.778. The van der Waals surface area contributed by atoms with E-state index in [0.717, 1.165) is 36.4 Å². The van der Waals surface area contributed by atoms with Crippen LogP contribution in [0, 0.1) is 0 Å². The van der Waals surface area contributed by atoms with E-state index < -0.39 is 6.10 Å². The van der Waals surface area contributed by atoms with Crippen molar-refractivity contribution in [3.8, 4) is 5.75 Å². The maximum atomic E-state index is 12.3. The molecule has 0 unspecified atom stereocenters. The van der Waals surface area contributed by atoms with E-state index in [1.54, 1.807) is 13.3 Å². The van der Waals surface area contributed by atoms with Crippen LogP contribution < -0.4 is 10.1 Å². The highest BCUT2D eigenvalue weighted by molar-refractivity contribution is 5.76. The fraction of sp³-hybridized carbons (Fsp3) is 0.429. The number of hydrogen-bond donors (Lipinski definition) is 2. The van der Waals surface area contributed by atoms with E-state index in [4.69, 9.17) is 4.74 Å². The van der Waals surface area contributed by atoms with Crippen molar-refractivity contribution in [1.29, 1.82) is 0 Å². The van der Waals surface area contributed by atoms with E-state index in [9.17, 15) is 9.90 Å². The lowest BCUT2D eigenvalue weighted by Gasteiger charge is -2.36. The molecular weight excluding hydrogens is 342 g/mol. The predicted molar refractivity (Wildman–Crippen MR) is 103 cm³/mol. The van der Waals surface area contributed by atoms with Gasteiger partial charge in [0.25, 0.3) is 0 Å². The molecule has 6 heteroatoms. The zero-order chi connectivity index (χ0) is 19.1. The Hall–Kier alpha value is -2.44. The number of carbonyl (C=O) groups excluding carboxylic acids is 1. The topological polar surface area (TPSA) is 74.7 Å². The summed E-state index contributed by atoms with van der Waals surface area (Å²) in [6, 6.07) is 11.5. The highest BCUT2D eigenvalue weighted by Crippen LogP contribution is 2.15. The number of piperidine rings is 1. The van der Waals surface area contributed by atoms with Crippen LogP contribution in [-0.4, -0.2) is 53.2 Å². The normalized spacial score (nSPS) is 20.2. The number of pyridine rings is 1. The summed E-state index contributed by atoms with van der Waals surface area (Å²) in [6.07, 6.45) is 4.88. The van der Waals surface area contributed by atoms with Crippen molar-refractivity contribution < 1.29 is 14.6 Å². The third-order valence-corrected chi connectivity index (χ3v) is 4.94. The first kappa shape index (κ1) is 19.3. The van der Waals surface area contributed by atoms with Crippen molar-refractivity contribution in [3.63, 3.8) is 0 Å². The molecule has 0 saturated carbocycles. The number of nitrogens with zero attached hydrogens (tertiary/aromatic N) is 2. The molecule has 3 rings (SSSR count). The molecule has 1 fully saturated rings. The number of aryl methyl sites for hydroxylation is 1. The number of benzene rings is 1. The van der Waals surface area contributed by atoms with E-state index in [2.05, 4.69) is 15.2 Å². The molecule has 1 aliphatic rings. The van der Waals surface area contributed by atoms with Crippen molar-refractivity contribution in [2.24, 2.45) is 0 Å². The summed E-state index contributed by atoms with van der Waals surface area (Å²) in [5.74, 6) is 0.792. The maximum absolute atomic E-state index is 12.3. The maximum Gasteiger partial charge on any atom is 0.220 e. The molecule has 0 radical (unpaired) electrons. The van der Waals surface area contributed by atoms with Crippen LogP contribution in [0.2, 0.25) is 0 Å². The number of hydrogen-bond acceptors (Lipinski definition) is 5. The Morgan fingerprint density at radius 2 is 2.11 bits per heavy atom. The number of aliphatic hydroxyl groups excluding tert-OH is 1. The molecule has 0 aliphatic carbocycles. The number of rotatable bonds is 7. The van der Waals surface area contributed by atoms with Crippen LogP contribution in [0.1, 0.15) is 24.0 Å². The molecule has 0 spiro atoms. The summed E-state index contributed by atoms with van der Waals surface area (Å²) in [4.78, 5) is 18.6. The number of nitrogens with one attached hydrogen (secondary N) is 1. The summed E-state index contributed by atoms with van der Waals surface area (Å²) in [5, 5.41) is 13.4. The predicted octanol–water partition coefficient (Wildman–Crippen LogP) is 1.77. The van der Waals surface area contributed by atoms with Gasteiger partial charge in [0, 0.05) is 38.4 Å². The highest BCUT2D eigenvalue weighted by atomic mass is 16.5. The molecule has 1 amide bonds. The zero-order valence-electron chi connectivity index (χ0n) is 15.7. The Balaban J connectivity index is 1.42. The number of carbonyl (C=O) groups is 1. The molecule has 1 aromatic heterocycles. The minimum atomic E-state index is -0.555. The van der Waals surface area contributed by atoms with Gasteiger partial charge in [-0.1, -0.05) is 18.2 Å². The summed E-state index contributed by atoms with van der Waals surface area (Å²) in [5.41, 5.74) is 2.23. The van der Waals surface area contributed by atoms with Gasteiger partial charge in [-0.3, -0.25) is 14.7 Å². The lowest BCUT2D eigenvalue weighted by atomic mass is 10.0. The van der Waals surface area contributed by atoms with Gasteiger partial charge in [-0.05, 0) is 42.2 Å². The number of likely N-dealkylation sites (tertiary alicyclic amines) is 1. The summed E-state index contributed by atoms with van der Waals surface area (Å²) >= 11 is 0. The van der Waals surface area contributed by atoms with Crippen LogP contribution in [0.25, 0.3) is 0 Å². The minimum Gasteiger partial charge on any atom is -0.497 e. The van der Waals surface area contributed by atoms with Gasteiger partial charge in [-0.25, -0.2) is 0 Å². The molecule has 6 nitrogen and oxygen atoms in total. The smallest absolute Gasteiger partial charge is 0.220 e. The Morgan fingerprint density at radius 3 is 2.78 bits per heavy atom. The van der Waals surface area contributed by atoms with Crippen molar-refractivity contribution >= 4 is 5.91 Å². The van der Waals surface area contributed by atoms with Gasteiger partial charge in [0.05, 0.1) is 19.3 Å². The second kappa shape index (κ2) is 9.48. The van der Waals surface area contributed by atoms with Crippen LogP contribution in [-0.2, 0) is 17.8 Å². The summed E-state index contributed by atoms with van der Waals surface area (Å²) in [6.45, 7) is 2.16. The first-order valence-corrected chi connectivity index (χ1v) is 9.35. The summed E-state index contributed by atoms with van der Waals surface area (Å²) < 4.78 is 5.14. The van der Waals surface area contributed by atoms with Gasteiger partial charge in [0.1, 0.15) is 5.75 Å². The van der Waals surface area contributed by atoms with Crippen LogP contribution >= 0.6 is 0 Å². The fourth-order valence-electron chi connectivity index (χ4n) is 3.39. The lowest BCUT2D eigenvalue weighted by molar-refractivity contribution is -0.123. The second-order valence-corrected chi connectivity index (χ2v) is 6.97. The Kier molecular flexibility index (Phi) is 6.79. The highest BCUT2D eigenvalue weighted by Gasteiger charge is 2.28. The van der Waals surface area contributed by atoms with Crippen molar-refractivity contribution in [3.05, 3.63) is 59.9 Å². The lowest BCUT2D eigenvalue weighted by Crippen LogP contribution is -2.53. The van der Waals surface area contributed by atoms with E-state index in [-0.39, 0.29) is 11.9 Å². The van der Waals surface area contributed by atoms with Crippen LogP contribution in [0.4, 0.5) is 0 Å². The van der Waals surface area contributed by atoms with Gasteiger partial charge in [-0.15, -0.1) is 0 Å². The average molecular weight is 369 g/mol. The number of aliphatic hydroxyl groups is 1. The summed E-state index contributed by atoms with van der Waals surface area (Å²) in [7, 11) is 1.63. The third kappa shape index (κ3) is 5.77. The first-order valence-electron chi connectivity index (χ1n) is 9.35. The molecule has 0 bridgehead atoms. The Morgan fingerprint density at radius 1 is 1.30 bits per heavy atom. The molecule has 2 atom stereocenters. The molecule has 27 heavy (non-hydrogen) atoms. The van der Waals surface area contributed by atoms with Crippen molar-refractivity contribution in [2.75, 3.05) is 20.2 Å². The van der Waals surface area contributed by atoms with E-state index in [1.807, 2.05) is 42.6 Å². The van der Waals surface area contributed by atoms with Gasteiger partial charge in [0.2, 0.25) is 5.91 Å². The number of amides is 1. The standard InChI is InChI=1S/C21H27N3O3/c1-27-18-7-4-16(5-8-18)6-9-21(26)23-19-10-12-24(15-20(19)25)14-17-3-2-11-22-13-17/h2-5,7-8,11,13,19-20,25H,6,9-10,12,14-15H2,1H3,(H,23,26)/t19-,20-/m1/s1. The monoisotopic (exact) mass is 369 g/mol. The van der Waals surface area contributed by atoms with Gasteiger partial charge in [0.15, 0.2) is 0 Å². The minimum absolute atomic E-state index is 0.0180. The van der Waals surface area contributed by atoms with Gasteiger partial charge in [-0.2, -0.15) is 0 Å². The molecule has 1 aliphatic heterocycles. The molecule has 2 aromatic rings. The SMILES string of the molecule is COc1ccc(CCC(=O)N[C@@H]2CCN(Cc3cccnc3)C[C@H]2O)cc1. The molecule has 144 valence electrons. The number of aromatic nitrogens is 1. The Bertz CT molecular complexity index is 721. The zero-order valence-corrected chi connectivity index (χ0v) is 15.7. The third-order valence-electron chi connectivity index (χ3n) is 4.94. The van der Waals surface area contributed by atoms with Gasteiger partial charge >= 0.3 is 0 Å². The van der Waals surface area contributed by atoms with Crippen LogP contribution in [0.3, 0.4) is 0 Å². The molecular formula is C21H27N3O3. The second-order valence-electron chi connectivity index (χ2n) is 6.97. The molecule has 1 saturated heterocycles. The fourth-order valence-corrected chi connectivity index (χ4v) is 3.39. The molecule has 2 N–H and O–H groups in total. The Labute approximate surface area is 160 Å². The van der Waals surface area contributed by atoms with E-state index >= 15 is 0 Å². The van der Waals surface area contributed by atoms with Crippen molar-refractivity contribution in [1.82, 2.24) is 15.2 Å². The van der Waals surface area contributed by atoms with E-state index in [1.165, 1.54) is 0 Å². The number of methoxy groups -OCH3 is 1. The van der Waals surface area contributed by atoms with Crippen LogP contribution in [0.15, 0.2) is 48.8 Å². The largest absolute Gasteiger partial charge is 0.497 e. The first-order chi connectivity index (χ1) is 13.1. The van der Waals surface area contributed by atoms with E-state index in [0.29, 0.717) is 19.4 Å².